The van der Waals surface area contributed by atoms with Crippen molar-refractivity contribution in [1.29, 1.82) is 0 Å². The maximum atomic E-state index is 6.33. The zero-order valence-corrected chi connectivity index (χ0v) is 13.1. The first-order valence-corrected chi connectivity index (χ1v) is 7.53. The van der Waals surface area contributed by atoms with Crippen molar-refractivity contribution >= 4 is 11.6 Å². The summed E-state index contributed by atoms with van der Waals surface area (Å²) in [6.07, 6.45) is 1.35. The van der Waals surface area contributed by atoms with E-state index in [1.807, 2.05) is 0 Å². The van der Waals surface area contributed by atoms with Gasteiger partial charge in [0.1, 0.15) is 0 Å². The third kappa shape index (κ3) is 6.93. The molecule has 108 valence electrons. The smallest absolute Gasteiger partial charge is 0.0826 e. The van der Waals surface area contributed by atoms with E-state index in [1.54, 1.807) is 0 Å². The standard InChI is InChI=1S/C14H29ClN2O/c1-5-17-6-7-18-13(11-17)10-16-9-12(15)8-14(2,3)4/h12-13,16H,5-11H2,1-4H3. The summed E-state index contributed by atoms with van der Waals surface area (Å²) in [6, 6.07) is 0. The Morgan fingerprint density at radius 1 is 1.44 bits per heavy atom. The maximum Gasteiger partial charge on any atom is 0.0826 e. The van der Waals surface area contributed by atoms with Gasteiger partial charge in [-0.05, 0) is 18.4 Å². The Bertz CT molecular complexity index is 230. The van der Waals surface area contributed by atoms with Gasteiger partial charge in [-0.2, -0.15) is 0 Å². The van der Waals surface area contributed by atoms with Crippen molar-refractivity contribution in [2.24, 2.45) is 5.41 Å². The van der Waals surface area contributed by atoms with Crippen LogP contribution in [0.15, 0.2) is 0 Å². The third-order valence-corrected chi connectivity index (χ3v) is 3.55. The summed E-state index contributed by atoms with van der Waals surface area (Å²) in [6.45, 7) is 14.7. The molecule has 0 amide bonds. The molecule has 1 fully saturated rings. The first-order chi connectivity index (χ1) is 8.40. The topological polar surface area (TPSA) is 24.5 Å². The first-order valence-electron chi connectivity index (χ1n) is 7.09. The van der Waals surface area contributed by atoms with E-state index in [1.165, 1.54) is 0 Å². The van der Waals surface area contributed by atoms with Crippen molar-refractivity contribution < 1.29 is 4.74 Å². The third-order valence-electron chi connectivity index (χ3n) is 3.24. The number of halogens is 1. The lowest BCUT2D eigenvalue weighted by Crippen LogP contribution is -2.47. The zero-order valence-electron chi connectivity index (χ0n) is 12.3. The van der Waals surface area contributed by atoms with Gasteiger partial charge >= 0.3 is 0 Å². The van der Waals surface area contributed by atoms with Crippen LogP contribution in [0.4, 0.5) is 0 Å². The van der Waals surface area contributed by atoms with Crippen molar-refractivity contribution in [3.05, 3.63) is 0 Å². The van der Waals surface area contributed by atoms with Gasteiger partial charge < -0.3 is 10.1 Å². The van der Waals surface area contributed by atoms with Crippen molar-refractivity contribution in [3.8, 4) is 0 Å². The molecule has 0 spiro atoms. The van der Waals surface area contributed by atoms with Crippen LogP contribution in [0.5, 0.6) is 0 Å². The van der Waals surface area contributed by atoms with Gasteiger partial charge in [0, 0.05) is 31.6 Å². The monoisotopic (exact) mass is 276 g/mol. The van der Waals surface area contributed by atoms with E-state index >= 15 is 0 Å². The molecule has 1 rings (SSSR count). The molecule has 0 radical (unpaired) electrons. The second kappa shape index (κ2) is 7.68. The first kappa shape index (κ1) is 16.2. The van der Waals surface area contributed by atoms with E-state index in [4.69, 9.17) is 16.3 Å². The van der Waals surface area contributed by atoms with Gasteiger partial charge in [0.25, 0.3) is 0 Å². The highest BCUT2D eigenvalue weighted by Crippen LogP contribution is 2.23. The number of ether oxygens (including phenoxy) is 1. The maximum absolute atomic E-state index is 6.33. The predicted octanol–water partition coefficient (Wildman–Crippen LogP) is 2.34. The summed E-state index contributed by atoms with van der Waals surface area (Å²) in [7, 11) is 0. The molecule has 0 aliphatic carbocycles. The van der Waals surface area contributed by atoms with E-state index in [2.05, 4.69) is 37.9 Å². The Balaban J connectivity index is 2.13. The van der Waals surface area contributed by atoms with E-state index < -0.39 is 0 Å². The molecule has 0 bridgehead atoms. The number of nitrogens with zero attached hydrogens (tertiary/aromatic N) is 1. The van der Waals surface area contributed by atoms with Crippen molar-refractivity contribution in [2.45, 2.75) is 45.6 Å². The Hall–Kier alpha value is 0.170. The minimum atomic E-state index is 0.205. The largest absolute Gasteiger partial charge is 0.374 e. The molecule has 0 saturated carbocycles. The number of alkyl halides is 1. The van der Waals surface area contributed by atoms with Crippen molar-refractivity contribution in [3.63, 3.8) is 0 Å². The number of morpholine rings is 1. The lowest BCUT2D eigenvalue weighted by atomic mass is 9.90. The molecular weight excluding hydrogens is 248 g/mol. The van der Waals surface area contributed by atoms with Crippen LogP contribution in [-0.4, -0.2) is 55.7 Å². The Labute approximate surface area is 117 Å². The molecule has 1 heterocycles. The van der Waals surface area contributed by atoms with Gasteiger partial charge in [-0.3, -0.25) is 4.90 Å². The Kier molecular flexibility index (Phi) is 6.93. The fraction of sp³-hybridized carbons (Fsp3) is 1.00. The van der Waals surface area contributed by atoms with Crippen LogP contribution < -0.4 is 5.32 Å². The summed E-state index contributed by atoms with van der Waals surface area (Å²) in [4.78, 5) is 2.43. The van der Waals surface area contributed by atoms with Crippen LogP contribution in [0, 0.1) is 5.41 Å². The van der Waals surface area contributed by atoms with Crippen LogP contribution >= 0.6 is 11.6 Å². The Morgan fingerprint density at radius 2 is 2.17 bits per heavy atom. The van der Waals surface area contributed by atoms with Gasteiger partial charge in [-0.1, -0.05) is 27.7 Å². The van der Waals surface area contributed by atoms with E-state index in [0.29, 0.717) is 11.5 Å². The number of hydrogen-bond donors (Lipinski definition) is 1. The minimum Gasteiger partial charge on any atom is -0.374 e. The van der Waals surface area contributed by atoms with Crippen LogP contribution in [0.3, 0.4) is 0 Å². The number of rotatable bonds is 6. The van der Waals surface area contributed by atoms with Crippen LogP contribution in [-0.2, 0) is 4.74 Å². The summed E-state index contributed by atoms with van der Waals surface area (Å²) < 4.78 is 5.75. The van der Waals surface area contributed by atoms with Crippen molar-refractivity contribution in [1.82, 2.24) is 10.2 Å². The average molecular weight is 277 g/mol. The fourth-order valence-corrected chi connectivity index (χ4v) is 2.90. The highest BCUT2D eigenvalue weighted by Gasteiger charge is 2.20. The molecular formula is C14H29ClN2O. The summed E-state index contributed by atoms with van der Waals surface area (Å²) in [5.41, 5.74) is 0.300. The molecule has 3 nitrogen and oxygen atoms in total. The fourth-order valence-electron chi connectivity index (χ4n) is 2.33. The summed E-state index contributed by atoms with van der Waals surface area (Å²) >= 11 is 6.33. The van der Waals surface area contributed by atoms with Gasteiger partial charge in [0.05, 0.1) is 12.7 Å². The highest BCUT2D eigenvalue weighted by molar-refractivity contribution is 6.20. The number of likely N-dealkylation sites (N-methyl/N-ethyl adjacent to an activating group) is 1. The SMILES string of the molecule is CCN1CCOC(CNCC(Cl)CC(C)(C)C)C1. The van der Waals surface area contributed by atoms with Crippen LogP contribution in [0.2, 0.25) is 0 Å². The molecule has 2 unspecified atom stereocenters. The normalized spacial score (nSPS) is 24.2. The molecule has 1 saturated heterocycles. The molecule has 0 aromatic rings. The summed E-state index contributed by atoms with van der Waals surface area (Å²) in [5.74, 6) is 0. The molecule has 1 N–H and O–H groups in total. The van der Waals surface area contributed by atoms with E-state index in [9.17, 15) is 0 Å². The van der Waals surface area contributed by atoms with E-state index in [-0.39, 0.29) is 5.38 Å². The molecule has 0 aromatic carbocycles. The molecule has 4 heteroatoms. The quantitative estimate of drug-likeness (QED) is 0.754. The van der Waals surface area contributed by atoms with E-state index in [0.717, 1.165) is 45.8 Å². The van der Waals surface area contributed by atoms with Gasteiger partial charge in [0.15, 0.2) is 0 Å². The van der Waals surface area contributed by atoms with Gasteiger partial charge in [0.2, 0.25) is 0 Å². The van der Waals surface area contributed by atoms with Crippen LogP contribution in [0.1, 0.15) is 34.1 Å². The molecule has 18 heavy (non-hydrogen) atoms. The van der Waals surface area contributed by atoms with Gasteiger partial charge in [-0.25, -0.2) is 0 Å². The minimum absolute atomic E-state index is 0.205. The predicted molar refractivity (Wildman–Crippen MR) is 78.4 cm³/mol. The second-order valence-electron chi connectivity index (χ2n) is 6.41. The zero-order chi connectivity index (χ0) is 13.6. The number of hydrogen-bond acceptors (Lipinski definition) is 3. The molecule has 2 atom stereocenters. The van der Waals surface area contributed by atoms with Crippen molar-refractivity contribution in [2.75, 3.05) is 39.3 Å². The lowest BCUT2D eigenvalue weighted by molar-refractivity contribution is -0.0251. The molecule has 1 aliphatic rings. The number of nitrogens with one attached hydrogen (secondary N) is 1. The lowest BCUT2D eigenvalue weighted by Gasteiger charge is -2.32. The average Bonchev–Trinajstić information content (AvgIpc) is 2.27. The summed E-state index contributed by atoms with van der Waals surface area (Å²) in [5, 5.41) is 3.64. The molecule has 0 aromatic heterocycles. The van der Waals surface area contributed by atoms with Crippen LogP contribution in [0.25, 0.3) is 0 Å². The molecule has 1 aliphatic heterocycles. The second-order valence-corrected chi connectivity index (χ2v) is 7.02. The van der Waals surface area contributed by atoms with Gasteiger partial charge in [-0.15, -0.1) is 11.6 Å². The Morgan fingerprint density at radius 3 is 2.78 bits per heavy atom. The highest BCUT2D eigenvalue weighted by atomic mass is 35.5.